The monoisotopic (exact) mass is 335 g/mol. The molecule has 0 bridgehead atoms. The lowest BCUT2D eigenvalue weighted by Crippen LogP contribution is -2.27. The summed E-state index contributed by atoms with van der Waals surface area (Å²) in [4.78, 5) is 0. The largest absolute Gasteiger partial charge is 0.375 e. The van der Waals surface area contributed by atoms with Gasteiger partial charge in [0.15, 0.2) is 0 Å². The van der Waals surface area contributed by atoms with Gasteiger partial charge in [0, 0.05) is 19.1 Å². The zero-order valence-electron chi connectivity index (χ0n) is 12.6. The van der Waals surface area contributed by atoms with Gasteiger partial charge in [0.1, 0.15) is 5.82 Å². The van der Waals surface area contributed by atoms with E-state index in [1.165, 1.54) is 25.3 Å². The second-order valence-electron chi connectivity index (χ2n) is 4.89. The van der Waals surface area contributed by atoms with E-state index in [2.05, 4.69) is 4.72 Å². The third-order valence-corrected chi connectivity index (χ3v) is 4.28. The first-order chi connectivity index (χ1) is 11.0. The van der Waals surface area contributed by atoms with E-state index in [1.807, 2.05) is 18.2 Å². The molecular formula is C17H18FNO3S. The van der Waals surface area contributed by atoms with Gasteiger partial charge in [-0.2, -0.15) is 0 Å². The summed E-state index contributed by atoms with van der Waals surface area (Å²) in [7, 11) is -2.16. The molecule has 2 aromatic rings. The highest BCUT2D eigenvalue weighted by molar-refractivity contribution is 7.92. The summed E-state index contributed by atoms with van der Waals surface area (Å²) < 4.78 is 44.9. The highest BCUT2D eigenvalue weighted by Crippen LogP contribution is 2.17. The summed E-state index contributed by atoms with van der Waals surface area (Å²) in [5, 5.41) is 1.10. The fraction of sp³-hybridized carbons (Fsp3) is 0.176. The second-order valence-corrected chi connectivity index (χ2v) is 6.54. The van der Waals surface area contributed by atoms with Gasteiger partial charge in [-0.1, -0.05) is 42.5 Å². The van der Waals surface area contributed by atoms with Crippen molar-refractivity contribution in [2.24, 2.45) is 0 Å². The van der Waals surface area contributed by atoms with Crippen molar-refractivity contribution in [2.45, 2.75) is 6.10 Å². The summed E-state index contributed by atoms with van der Waals surface area (Å²) in [6, 6.07) is 15.0. The van der Waals surface area contributed by atoms with Crippen LogP contribution in [0.3, 0.4) is 0 Å². The number of rotatable bonds is 7. The van der Waals surface area contributed by atoms with E-state index < -0.39 is 21.9 Å². The van der Waals surface area contributed by atoms with Crippen LogP contribution in [0.2, 0.25) is 0 Å². The minimum atomic E-state index is -3.61. The first-order valence-electron chi connectivity index (χ1n) is 7.01. The van der Waals surface area contributed by atoms with Gasteiger partial charge in [-0.25, -0.2) is 17.5 Å². The molecule has 0 radical (unpaired) electrons. The molecule has 23 heavy (non-hydrogen) atoms. The maximum atomic E-state index is 13.2. The van der Waals surface area contributed by atoms with E-state index in [-0.39, 0.29) is 6.54 Å². The topological polar surface area (TPSA) is 55.4 Å². The summed E-state index contributed by atoms with van der Waals surface area (Å²) in [6.07, 6.45) is 0.942. The molecule has 0 spiro atoms. The minimum absolute atomic E-state index is 0.0153. The van der Waals surface area contributed by atoms with Crippen LogP contribution in [-0.2, 0) is 14.8 Å². The molecule has 0 saturated carbocycles. The Balaban J connectivity index is 2.01. The Morgan fingerprint density at radius 3 is 2.57 bits per heavy atom. The lowest BCUT2D eigenvalue weighted by atomic mass is 10.1. The average Bonchev–Trinajstić information content (AvgIpc) is 2.55. The molecule has 1 atom stereocenters. The molecule has 2 aromatic carbocycles. The van der Waals surface area contributed by atoms with Crippen LogP contribution in [0.25, 0.3) is 6.08 Å². The number of nitrogens with one attached hydrogen (secondary N) is 1. The number of ether oxygens (including phenoxy) is 1. The van der Waals surface area contributed by atoms with Gasteiger partial charge in [-0.3, -0.25) is 0 Å². The molecule has 0 aliphatic heterocycles. The van der Waals surface area contributed by atoms with E-state index in [0.717, 1.165) is 11.0 Å². The standard InChI is InChI=1S/C17H18FNO3S/c1-22-17(15-8-5-9-16(18)12-15)13-19-23(20,21)11-10-14-6-3-2-4-7-14/h2-12,17,19H,13H2,1H3/b11-10+/t17-/m1/s1. The third-order valence-electron chi connectivity index (χ3n) is 3.21. The molecule has 0 fully saturated rings. The fourth-order valence-electron chi connectivity index (χ4n) is 2.02. The summed E-state index contributed by atoms with van der Waals surface area (Å²) in [5.41, 5.74) is 1.36. The third kappa shape index (κ3) is 5.59. The predicted molar refractivity (Wildman–Crippen MR) is 88.5 cm³/mol. The van der Waals surface area contributed by atoms with Gasteiger partial charge in [0.05, 0.1) is 6.10 Å². The van der Waals surface area contributed by atoms with E-state index in [4.69, 9.17) is 4.74 Å². The molecule has 0 amide bonds. The quantitative estimate of drug-likeness (QED) is 0.846. The Hall–Kier alpha value is -2.02. The molecular weight excluding hydrogens is 317 g/mol. The lowest BCUT2D eigenvalue weighted by Gasteiger charge is -2.16. The SMILES string of the molecule is CO[C@H](CNS(=O)(=O)/C=C/c1ccccc1)c1cccc(F)c1. The van der Waals surface area contributed by atoms with E-state index in [9.17, 15) is 12.8 Å². The molecule has 6 heteroatoms. The Morgan fingerprint density at radius 2 is 1.91 bits per heavy atom. The van der Waals surface area contributed by atoms with Gasteiger partial charge in [-0.05, 0) is 29.3 Å². The number of sulfonamides is 1. The molecule has 0 saturated heterocycles. The van der Waals surface area contributed by atoms with Crippen LogP contribution in [0.5, 0.6) is 0 Å². The van der Waals surface area contributed by atoms with Gasteiger partial charge in [-0.15, -0.1) is 0 Å². The van der Waals surface area contributed by atoms with Crippen LogP contribution < -0.4 is 4.72 Å². The first kappa shape index (κ1) is 17.3. The summed E-state index contributed by atoms with van der Waals surface area (Å²) in [6.45, 7) is 0.0153. The fourth-order valence-corrected chi connectivity index (χ4v) is 2.83. The molecule has 0 aromatic heterocycles. The summed E-state index contributed by atoms with van der Waals surface area (Å²) in [5.74, 6) is -0.392. The van der Waals surface area contributed by atoms with Crippen molar-refractivity contribution in [3.8, 4) is 0 Å². The second kappa shape index (κ2) is 8.01. The Bertz CT molecular complexity index is 760. The Labute approximate surface area is 135 Å². The smallest absolute Gasteiger partial charge is 0.233 e. The van der Waals surface area contributed by atoms with Crippen LogP contribution in [-0.4, -0.2) is 22.1 Å². The molecule has 4 nitrogen and oxygen atoms in total. The minimum Gasteiger partial charge on any atom is -0.375 e. The van der Waals surface area contributed by atoms with Crippen molar-refractivity contribution in [1.82, 2.24) is 4.72 Å². The molecule has 1 N–H and O–H groups in total. The molecule has 0 heterocycles. The Morgan fingerprint density at radius 1 is 1.17 bits per heavy atom. The van der Waals surface area contributed by atoms with E-state index in [1.54, 1.807) is 24.3 Å². The first-order valence-corrected chi connectivity index (χ1v) is 8.56. The van der Waals surface area contributed by atoms with Gasteiger partial charge < -0.3 is 4.74 Å². The van der Waals surface area contributed by atoms with E-state index in [0.29, 0.717) is 5.56 Å². The molecule has 0 aliphatic carbocycles. The lowest BCUT2D eigenvalue weighted by molar-refractivity contribution is 0.107. The number of hydrogen-bond donors (Lipinski definition) is 1. The number of halogens is 1. The zero-order chi connectivity index (χ0) is 16.7. The predicted octanol–water partition coefficient (Wildman–Crippen LogP) is 3.10. The highest BCUT2D eigenvalue weighted by atomic mass is 32.2. The molecule has 2 rings (SSSR count). The van der Waals surface area contributed by atoms with Crippen molar-refractivity contribution >= 4 is 16.1 Å². The number of hydrogen-bond acceptors (Lipinski definition) is 3. The maximum Gasteiger partial charge on any atom is 0.233 e. The zero-order valence-corrected chi connectivity index (χ0v) is 13.5. The number of methoxy groups -OCH3 is 1. The van der Waals surface area contributed by atoms with Crippen LogP contribution in [0, 0.1) is 5.82 Å². The van der Waals surface area contributed by atoms with Crippen molar-refractivity contribution in [3.63, 3.8) is 0 Å². The summed E-state index contributed by atoms with van der Waals surface area (Å²) >= 11 is 0. The highest BCUT2D eigenvalue weighted by Gasteiger charge is 2.14. The van der Waals surface area contributed by atoms with Crippen LogP contribution in [0.1, 0.15) is 17.2 Å². The normalized spacial score (nSPS) is 13.3. The van der Waals surface area contributed by atoms with Crippen molar-refractivity contribution in [1.29, 1.82) is 0 Å². The van der Waals surface area contributed by atoms with Gasteiger partial charge >= 0.3 is 0 Å². The van der Waals surface area contributed by atoms with Crippen LogP contribution in [0.4, 0.5) is 4.39 Å². The van der Waals surface area contributed by atoms with E-state index >= 15 is 0 Å². The molecule has 0 unspecified atom stereocenters. The van der Waals surface area contributed by atoms with Crippen LogP contribution in [0.15, 0.2) is 60.0 Å². The molecule has 122 valence electrons. The molecule has 0 aliphatic rings. The Kier molecular flexibility index (Phi) is 6.04. The maximum absolute atomic E-state index is 13.2. The average molecular weight is 335 g/mol. The van der Waals surface area contributed by atoms with Crippen molar-refractivity contribution in [3.05, 3.63) is 76.9 Å². The van der Waals surface area contributed by atoms with Gasteiger partial charge in [0.25, 0.3) is 0 Å². The van der Waals surface area contributed by atoms with Gasteiger partial charge in [0.2, 0.25) is 10.0 Å². The van der Waals surface area contributed by atoms with Crippen molar-refractivity contribution in [2.75, 3.05) is 13.7 Å². The van der Waals surface area contributed by atoms with Crippen molar-refractivity contribution < 1.29 is 17.5 Å². The number of benzene rings is 2. The van der Waals surface area contributed by atoms with Crippen LogP contribution >= 0.6 is 0 Å².